The zero-order valence-corrected chi connectivity index (χ0v) is 14.1. The van der Waals surface area contributed by atoms with E-state index in [0.29, 0.717) is 11.3 Å². The molecule has 3 nitrogen and oxygen atoms in total. The van der Waals surface area contributed by atoms with Crippen molar-refractivity contribution in [2.45, 2.75) is 50.7 Å². The molecule has 0 spiro atoms. The van der Waals surface area contributed by atoms with E-state index in [1.807, 2.05) is 31.7 Å². The van der Waals surface area contributed by atoms with Gasteiger partial charge in [-0.3, -0.25) is 4.79 Å². The number of nitrogen functional groups attached to an aromatic ring is 1. The summed E-state index contributed by atoms with van der Waals surface area (Å²) in [5.74, 6) is -0.00167. The Bertz CT molecular complexity index is 522. The lowest BCUT2D eigenvalue weighted by atomic mass is 9.88. The molecule has 0 atom stereocenters. The minimum Gasteiger partial charge on any atom is -0.398 e. The minimum atomic E-state index is -0.00167. The maximum absolute atomic E-state index is 12.5. The van der Waals surface area contributed by atoms with Gasteiger partial charge in [-0.15, -0.1) is 0 Å². The molecular formula is C17H26N2OS. The third-order valence-electron chi connectivity index (χ3n) is 4.63. The van der Waals surface area contributed by atoms with E-state index in [2.05, 4.69) is 11.6 Å². The van der Waals surface area contributed by atoms with E-state index in [-0.39, 0.29) is 10.7 Å². The van der Waals surface area contributed by atoms with Gasteiger partial charge in [-0.05, 0) is 50.1 Å². The molecule has 2 rings (SSSR count). The molecule has 21 heavy (non-hydrogen) atoms. The van der Waals surface area contributed by atoms with Crippen LogP contribution in [0.3, 0.4) is 0 Å². The predicted molar refractivity (Wildman–Crippen MR) is 92.0 cm³/mol. The fourth-order valence-corrected chi connectivity index (χ4v) is 4.01. The summed E-state index contributed by atoms with van der Waals surface area (Å²) in [7, 11) is 0. The molecule has 1 amide bonds. The molecule has 1 saturated carbocycles. The monoisotopic (exact) mass is 306 g/mol. The molecule has 0 heterocycles. The molecular weight excluding hydrogens is 280 g/mol. The molecule has 4 heteroatoms. The number of nitrogens with two attached hydrogens (primary N) is 1. The van der Waals surface area contributed by atoms with Crippen LogP contribution in [0.5, 0.6) is 0 Å². The molecule has 1 aromatic rings. The van der Waals surface area contributed by atoms with Crippen molar-refractivity contribution in [2.75, 3.05) is 18.5 Å². The molecule has 1 aliphatic rings. The molecule has 0 radical (unpaired) electrons. The average molecular weight is 306 g/mol. The number of anilines is 1. The lowest BCUT2D eigenvalue weighted by Crippen LogP contribution is -2.42. The zero-order valence-electron chi connectivity index (χ0n) is 13.3. The SMILES string of the molecule is CSC1(CNC(=O)c2cc(N)c(C)cc2C)CCCCC1. The molecule has 0 aromatic heterocycles. The smallest absolute Gasteiger partial charge is 0.251 e. The van der Waals surface area contributed by atoms with Crippen molar-refractivity contribution in [1.29, 1.82) is 0 Å². The van der Waals surface area contributed by atoms with Crippen LogP contribution in [0.4, 0.5) is 5.69 Å². The van der Waals surface area contributed by atoms with Gasteiger partial charge >= 0.3 is 0 Å². The summed E-state index contributed by atoms with van der Waals surface area (Å²) in [4.78, 5) is 12.5. The summed E-state index contributed by atoms with van der Waals surface area (Å²) >= 11 is 1.90. The number of amides is 1. The molecule has 116 valence electrons. The first-order valence-corrected chi connectivity index (χ1v) is 8.90. The van der Waals surface area contributed by atoms with Crippen LogP contribution in [0.2, 0.25) is 0 Å². The number of rotatable bonds is 4. The first kappa shape index (κ1) is 16.2. The van der Waals surface area contributed by atoms with Gasteiger partial charge in [0.05, 0.1) is 0 Å². The Balaban J connectivity index is 2.06. The maximum atomic E-state index is 12.5. The van der Waals surface area contributed by atoms with Gasteiger partial charge < -0.3 is 11.1 Å². The van der Waals surface area contributed by atoms with Crippen LogP contribution < -0.4 is 11.1 Å². The second-order valence-corrected chi connectivity index (χ2v) is 7.43. The van der Waals surface area contributed by atoms with Crippen molar-refractivity contribution in [3.05, 3.63) is 28.8 Å². The van der Waals surface area contributed by atoms with Crippen LogP contribution in [0.15, 0.2) is 12.1 Å². The number of carbonyl (C=O) groups excluding carboxylic acids is 1. The summed E-state index contributed by atoms with van der Waals surface area (Å²) < 4.78 is 0.220. The van der Waals surface area contributed by atoms with Crippen molar-refractivity contribution in [1.82, 2.24) is 5.32 Å². The Morgan fingerprint density at radius 1 is 1.24 bits per heavy atom. The first-order valence-electron chi connectivity index (χ1n) is 7.67. The molecule has 0 saturated heterocycles. The van der Waals surface area contributed by atoms with Gasteiger partial charge in [0.1, 0.15) is 0 Å². The van der Waals surface area contributed by atoms with Crippen LogP contribution in [0.25, 0.3) is 0 Å². The highest BCUT2D eigenvalue weighted by Crippen LogP contribution is 2.38. The van der Waals surface area contributed by atoms with E-state index in [9.17, 15) is 4.79 Å². The minimum absolute atomic E-state index is 0.00167. The zero-order chi connectivity index (χ0) is 15.5. The number of carbonyl (C=O) groups is 1. The number of thioether (sulfide) groups is 1. The number of hydrogen-bond donors (Lipinski definition) is 2. The third-order valence-corrected chi connectivity index (χ3v) is 6.05. The number of aryl methyl sites for hydroxylation is 2. The van der Waals surface area contributed by atoms with E-state index in [4.69, 9.17) is 5.73 Å². The van der Waals surface area contributed by atoms with E-state index >= 15 is 0 Å². The second kappa shape index (κ2) is 6.73. The van der Waals surface area contributed by atoms with Gasteiger partial charge in [-0.2, -0.15) is 11.8 Å². The van der Waals surface area contributed by atoms with Crippen LogP contribution in [0.1, 0.15) is 53.6 Å². The highest BCUT2D eigenvalue weighted by Gasteiger charge is 2.31. The third kappa shape index (κ3) is 3.73. The quantitative estimate of drug-likeness (QED) is 0.834. The molecule has 0 aliphatic heterocycles. The number of nitrogens with one attached hydrogen (secondary N) is 1. The Hall–Kier alpha value is -1.16. The molecule has 3 N–H and O–H groups in total. The summed E-state index contributed by atoms with van der Waals surface area (Å²) in [5, 5.41) is 3.13. The molecule has 1 aromatic carbocycles. The van der Waals surface area contributed by atoms with Gasteiger partial charge in [-0.1, -0.05) is 25.3 Å². The van der Waals surface area contributed by atoms with E-state index in [0.717, 1.165) is 17.7 Å². The maximum Gasteiger partial charge on any atom is 0.251 e. The standard InChI is InChI=1S/C17H26N2OS/c1-12-9-13(2)15(18)10-14(12)16(20)19-11-17(21-3)7-5-4-6-8-17/h9-10H,4-8,11,18H2,1-3H3,(H,19,20). The van der Waals surface area contributed by atoms with E-state index in [1.54, 1.807) is 6.07 Å². The Morgan fingerprint density at radius 2 is 1.90 bits per heavy atom. The van der Waals surface area contributed by atoms with Crippen molar-refractivity contribution in [3.63, 3.8) is 0 Å². The van der Waals surface area contributed by atoms with Crippen LogP contribution in [0, 0.1) is 13.8 Å². The van der Waals surface area contributed by atoms with E-state index in [1.165, 1.54) is 32.1 Å². The van der Waals surface area contributed by atoms with Gasteiger partial charge in [-0.25, -0.2) is 0 Å². The van der Waals surface area contributed by atoms with Gasteiger partial charge in [0.2, 0.25) is 0 Å². The number of hydrogen-bond acceptors (Lipinski definition) is 3. The molecule has 0 bridgehead atoms. The Morgan fingerprint density at radius 3 is 2.52 bits per heavy atom. The lowest BCUT2D eigenvalue weighted by Gasteiger charge is -2.35. The lowest BCUT2D eigenvalue weighted by molar-refractivity contribution is 0.0946. The van der Waals surface area contributed by atoms with Crippen molar-refractivity contribution < 1.29 is 4.79 Å². The Labute approximate surface area is 132 Å². The Kier molecular flexibility index (Phi) is 5.20. The highest BCUT2D eigenvalue weighted by atomic mass is 32.2. The van der Waals surface area contributed by atoms with Gasteiger partial charge in [0, 0.05) is 22.5 Å². The molecule has 0 unspecified atom stereocenters. The topological polar surface area (TPSA) is 55.1 Å². The largest absolute Gasteiger partial charge is 0.398 e. The van der Waals surface area contributed by atoms with Crippen LogP contribution >= 0.6 is 11.8 Å². The first-order chi connectivity index (χ1) is 9.97. The van der Waals surface area contributed by atoms with Crippen LogP contribution in [-0.4, -0.2) is 23.5 Å². The van der Waals surface area contributed by atoms with E-state index < -0.39 is 0 Å². The summed E-state index contributed by atoms with van der Waals surface area (Å²) in [6.45, 7) is 4.68. The second-order valence-electron chi connectivity index (χ2n) is 6.15. The summed E-state index contributed by atoms with van der Waals surface area (Å²) in [6, 6.07) is 3.78. The normalized spacial score (nSPS) is 17.5. The number of benzene rings is 1. The highest BCUT2D eigenvalue weighted by molar-refractivity contribution is 8.00. The van der Waals surface area contributed by atoms with Gasteiger partial charge in [0.25, 0.3) is 5.91 Å². The van der Waals surface area contributed by atoms with Crippen molar-refractivity contribution >= 4 is 23.4 Å². The fourth-order valence-electron chi connectivity index (χ4n) is 3.10. The summed E-state index contributed by atoms with van der Waals surface area (Å²) in [5.41, 5.74) is 9.33. The van der Waals surface area contributed by atoms with Crippen LogP contribution in [-0.2, 0) is 0 Å². The molecule has 1 fully saturated rings. The predicted octanol–water partition coefficient (Wildman–Crippen LogP) is 3.68. The summed E-state index contributed by atoms with van der Waals surface area (Å²) in [6.07, 6.45) is 8.42. The van der Waals surface area contributed by atoms with Crippen molar-refractivity contribution in [3.8, 4) is 0 Å². The van der Waals surface area contributed by atoms with Gasteiger partial charge in [0.15, 0.2) is 0 Å². The fraction of sp³-hybridized carbons (Fsp3) is 0.588. The average Bonchev–Trinajstić information content (AvgIpc) is 2.49. The van der Waals surface area contributed by atoms with Crippen molar-refractivity contribution in [2.24, 2.45) is 0 Å². The molecule has 1 aliphatic carbocycles.